The molecule has 0 aliphatic carbocycles. The molecule has 1 unspecified atom stereocenters. The molecule has 0 amide bonds. The van der Waals surface area contributed by atoms with Gasteiger partial charge < -0.3 is 0 Å². The Hall–Kier alpha value is -2.85. The van der Waals surface area contributed by atoms with Crippen LogP contribution in [0, 0.1) is 20.2 Å². The predicted octanol–water partition coefficient (Wildman–Crippen LogP) is 2.67. The van der Waals surface area contributed by atoms with Crippen molar-refractivity contribution in [3.05, 3.63) is 79.9 Å². The standard InChI is InChI=1S/C14H12N2O7S/c17-15(18)12-7-6-11(13(9-12)16(19)20)8-14(24(21,22)23)10-4-2-1-3-5-10/h1-7,9,14H,8H2,(H,21,22,23). The van der Waals surface area contributed by atoms with E-state index in [1.54, 1.807) is 18.2 Å². The Morgan fingerprint density at radius 1 is 1.00 bits per heavy atom. The number of nitro groups is 2. The van der Waals surface area contributed by atoms with Crippen molar-refractivity contribution in [2.45, 2.75) is 11.7 Å². The minimum absolute atomic E-state index is 0.0305. The second-order valence-electron chi connectivity index (χ2n) is 4.95. The van der Waals surface area contributed by atoms with E-state index in [9.17, 15) is 33.2 Å². The highest BCUT2D eigenvalue weighted by molar-refractivity contribution is 7.86. The van der Waals surface area contributed by atoms with Crippen LogP contribution in [0.1, 0.15) is 16.4 Å². The number of hydrogen-bond donors (Lipinski definition) is 1. The van der Waals surface area contributed by atoms with Crippen LogP contribution in [0.3, 0.4) is 0 Å². The second-order valence-corrected chi connectivity index (χ2v) is 6.54. The van der Waals surface area contributed by atoms with E-state index in [-0.39, 0.29) is 11.1 Å². The van der Waals surface area contributed by atoms with Crippen molar-refractivity contribution in [1.82, 2.24) is 0 Å². The molecule has 0 bridgehead atoms. The Kier molecular flexibility index (Phi) is 4.90. The van der Waals surface area contributed by atoms with Crippen molar-refractivity contribution in [2.75, 3.05) is 0 Å². The van der Waals surface area contributed by atoms with Crippen LogP contribution in [-0.4, -0.2) is 22.8 Å². The van der Waals surface area contributed by atoms with Gasteiger partial charge in [0, 0.05) is 18.1 Å². The summed E-state index contributed by atoms with van der Waals surface area (Å²) in [6, 6.07) is 10.7. The van der Waals surface area contributed by atoms with Crippen molar-refractivity contribution in [1.29, 1.82) is 0 Å². The van der Waals surface area contributed by atoms with Crippen LogP contribution in [0.2, 0.25) is 0 Å². The Labute approximate surface area is 136 Å². The predicted molar refractivity (Wildman–Crippen MR) is 84.2 cm³/mol. The monoisotopic (exact) mass is 352 g/mol. The normalized spacial score (nSPS) is 12.5. The molecule has 9 nitrogen and oxygen atoms in total. The van der Waals surface area contributed by atoms with Crippen LogP contribution in [0.5, 0.6) is 0 Å². The Morgan fingerprint density at radius 3 is 2.12 bits per heavy atom. The maximum Gasteiger partial charge on any atom is 0.279 e. The molecule has 126 valence electrons. The zero-order valence-electron chi connectivity index (χ0n) is 12.1. The van der Waals surface area contributed by atoms with Crippen LogP contribution in [0.25, 0.3) is 0 Å². The lowest BCUT2D eigenvalue weighted by atomic mass is 10.0. The Morgan fingerprint density at radius 2 is 1.62 bits per heavy atom. The first-order valence-corrected chi connectivity index (χ1v) is 8.13. The smallest absolute Gasteiger partial charge is 0.279 e. The summed E-state index contributed by atoms with van der Waals surface area (Å²) < 4.78 is 32.8. The largest absolute Gasteiger partial charge is 0.285 e. The van der Waals surface area contributed by atoms with E-state index in [2.05, 4.69) is 0 Å². The first kappa shape index (κ1) is 17.5. The van der Waals surface area contributed by atoms with E-state index in [1.807, 2.05) is 0 Å². The second kappa shape index (κ2) is 6.72. The summed E-state index contributed by atoms with van der Waals surface area (Å²) in [6.45, 7) is 0. The number of benzene rings is 2. The summed E-state index contributed by atoms with van der Waals surface area (Å²) in [5, 5.41) is 20.5. The van der Waals surface area contributed by atoms with Gasteiger partial charge in [0.15, 0.2) is 0 Å². The summed E-state index contributed by atoms with van der Waals surface area (Å²) in [5.74, 6) is 0. The minimum Gasteiger partial charge on any atom is -0.285 e. The number of non-ortho nitro benzene ring substituents is 1. The van der Waals surface area contributed by atoms with E-state index >= 15 is 0 Å². The van der Waals surface area contributed by atoms with Gasteiger partial charge in [0.2, 0.25) is 0 Å². The van der Waals surface area contributed by atoms with Gasteiger partial charge in [-0.3, -0.25) is 24.8 Å². The average Bonchev–Trinajstić information content (AvgIpc) is 2.52. The van der Waals surface area contributed by atoms with Crippen molar-refractivity contribution in [3.63, 3.8) is 0 Å². The molecule has 2 aromatic rings. The van der Waals surface area contributed by atoms with Gasteiger partial charge in [-0.2, -0.15) is 8.42 Å². The summed E-state index contributed by atoms with van der Waals surface area (Å²) >= 11 is 0. The van der Waals surface area contributed by atoms with Gasteiger partial charge in [0.05, 0.1) is 15.9 Å². The van der Waals surface area contributed by atoms with Crippen molar-refractivity contribution in [2.24, 2.45) is 0 Å². The van der Waals surface area contributed by atoms with Gasteiger partial charge in [0.25, 0.3) is 21.5 Å². The van der Waals surface area contributed by atoms with Gasteiger partial charge in [-0.15, -0.1) is 0 Å². The van der Waals surface area contributed by atoms with Gasteiger partial charge in [-0.25, -0.2) is 0 Å². The molecule has 1 N–H and O–H groups in total. The van der Waals surface area contributed by atoms with Gasteiger partial charge in [0.1, 0.15) is 5.25 Å². The lowest BCUT2D eigenvalue weighted by Gasteiger charge is -2.14. The third kappa shape index (κ3) is 3.91. The molecule has 0 heterocycles. The highest BCUT2D eigenvalue weighted by Crippen LogP contribution is 2.32. The van der Waals surface area contributed by atoms with Gasteiger partial charge in [-0.1, -0.05) is 30.3 Å². The quantitative estimate of drug-likeness (QED) is 0.478. The SMILES string of the molecule is O=[N+]([O-])c1ccc(CC(c2ccccc2)S(=O)(=O)O)c([N+](=O)[O-])c1. The molecule has 0 saturated heterocycles. The van der Waals surface area contributed by atoms with E-state index < -0.39 is 43.0 Å². The van der Waals surface area contributed by atoms with Crippen molar-refractivity contribution >= 4 is 21.5 Å². The number of rotatable bonds is 6. The first-order chi connectivity index (χ1) is 11.2. The van der Waals surface area contributed by atoms with Crippen LogP contribution in [0.15, 0.2) is 48.5 Å². The zero-order valence-corrected chi connectivity index (χ0v) is 12.9. The van der Waals surface area contributed by atoms with E-state index in [4.69, 9.17) is 0 Å². The number of nitrogens with zero attached hydrogens (tertiary/aromatic N) is 2. The lowest BCUT2D eigenvalue weighted by molar-refractivity contribution is -0.394. The molecule has 0 spiro atoms. The van der Waals surface area contributed by atoms with E-state index in [0.29, 0.717) is 0 Å². The molecule has 0 saturated carbocycles. The number of nitro benzene ring substituents is 2. The van der Waals surface area contributed by atoms with E-state index in [0.717, 1.165) is 18.2 Å². The fourth-order valence-electron chi connectivity index (χ4n) is 2.27. The maximum absolute atomic E-state index is 11.7. The third-order valence-corrected chi connectivity index (χ3v) is 4.57. The molecule has 0 aliphatic heterocycles. The average molecular weight is 352 g/mol. The van der Waals surface area contributed by atoms with Crippen LogP contribution < -0.4 is 0 Å². The molecule has 1 atom stereocenters. The minimum atomic E-state index is -4.54. The Balaban J connectivity index is 2.51. The van der Waals surface area contributed by atoms with Gasteiger partial charge >= 0.3 is 0 Å². The van der Waals surface area contributed by atoms with Crippen LogP contribution in [0.4, 0.5) is 11.4 Å². The molecule has 10 heteroatoms. The molecule has 2 rings (SSSR count). The third-order valence-electron chi connectivity index (χ3n) is 3.41. The lowest BCUT2D eigenvalue weighted by Crippen LogP contribution is -2.15. The highest BCUT2D eigenvalue weighted by Gasteiger charge is 2.29. The van der Waals surface area contributed by atoms with Crippen LogP contribution in [-0.2, 0) is 16.5 Å². The molecule has 0 radical (unpaired) electrons. The molecule has 0 fully saturated rings. The van der Waals surface area contributed by atoms with Crippen molar-refractivity contribution in [3.8, 4) is 0 Å². The topological polar surface area (TPSA) is 141 Å². The molecule has 2 aromatic carbocycles. The Bertz CT molecular complexity index is 881. The molecular formula is C14H12N2O7S. The first-order valence-electron chi connectivity index (χ1n) is 6.63. The zero-order chi connectivity index (χ0) is 17.9. The molecule has 0 aromatic heterocycles. The summed E-state index contributed by atoms with van der Waals surface area (Å²) in [4.78, 5) is 20.3. The maximum atomic E-state index is 11.7. The number of hydrogen-bond acceptors (Lipinski definition) is 6. The molecule has 24 heavy (non-hydrogen) atoms. The fraction of sp³-hybridized carbons (Fsp3) is 0.143. The summed E-state index contributed by atoms with van der Waals surface area (Å²) in [5.41, 5.74) is -0.827. The van der Waals surface area contributed by atoms with Gasteiger partial charge in [-0.05, 0) is 11.6 Å². The molecular weight excluding hydrogens is 340 g/mol. The molecule has 0 aliphatic rings. The summed E-state index contributed by atoms with van der Waals surface area (Å²) in [7, 11) is -4.54. The highest BCUT2D eigenvalue weighted by atomic mass is 32.2. The van der Waals surface area contributed by atoms with Crippen molar-refractivity contribution < 1.29 is 22.8 Å². The van der Waals surface area contributed by atoms with Crippen LogP contribution >= 0.6 is 0 Å². The van der Waals surface area contributed by atoms with E-state index in [1.165, 1.54) is 12.1 Å². The fourth-order valence-corrected chi connectivity index (χ4v) is 3.16. The summed E-state index contributed by atoms with van der Waals surface area (Å²) in [6.07, 6.45) is -0.392.